The maximum absolute atomic E-state index is 13.1. The van der Waals surface area contributed by atoms with Gasteiger partial charge in [-0.1, -0.05) is 12.1 Å². The van der Waals surface area contributed by atoms with E-state index in [0.29, 0.717) is 12.1 Å². The first-order valence-corrected chi connectivity index (χ1v) is 10.1. The number of likely N-dealkylation sites (tertiary alicyclic amines) is 2. The second-order valence-electron chi connectivity index (χ2n) is 8.03. The minimum absolute atomic E-state index is 0.197. The lowest BCUT2D eigenvalue weighted by Gasteiger charge is -2.27. The van der Waals surface area contributed by atoms with E-state index in [4.69, 9.17) is 4.74 Å². The fraction of sp³-hybridized carbons (Fsp3) is 0.667. The molecule has 0 bridgehead atoms. The lowest BCUT2D eigenvalue weighted by Crippen LogP contribution is -2.38. The highest BCUT2D eigenvalue weighted by Crippen LogP contribution is 2.26. The number of carbonyl (C=O) groups excluding carboxylic acids is 1. The molecule has 1 aromatic rings. The number of nitrogens with zero attached hydrogens (tertiary/aromatic N) is 3. The average molecular weight is 357 g/mol. The Bertz CT molecular complexity index is 623. The van der Waals surface area contributed by atoms with E-state index < -0.39 is 0 Å². The molecule has 5 heteroatoms. The van der Waals surface area contributed by atoms with Crippen molar-refractivity contribution in [2.75, 3.05) is 45.9 Å². The van der Waals surface area contributed by atoms with Crippen molar-refractivity contribution in [3.8, 4) is 0 Å². The standard InChI is InChI=1S/C21H31N3O2/c1-17-13-20(23-7-2-3-8-23)16-24(17)21(25)19-6-4-5-18(14-19)15-22-9-11-26-12-10-22/h4-6,14,17,20H,2-3,7-13,15-16H2,1H3/t17-,20+/m1/s1. The lowest BCUT2D eigenvalue weighted by molar-refractivity contribution is 0.0341. The summed E-state index contributed by atoms with van der Waals surface area (Å²) in [5.74, 6) is 0.197. The van der Waals surface area contributed by atoms with Crippen LogP contribution in [0.15, 0.2) is 24.3 Å². The Kier molecular flexibility index (Phi) is 5.57. The lowest BCUT2D eigenvalue weighted by atomic mass is 10.1. The number of amides is 1. The molecule has 26 heavy (non-hydrogen) atoms. The van der Waals surface area contributed by atoms with Crippen molar-refractivity contribution >= 4 is 5.91 Å². The molecule has 3 aliphatic heterocycles. The van der Waals surface area contributed by atoms with Crippen LogP contribution in [0.4, 0.5) is 0 Å². The van der Waals surface area contributed by atoms with Crippen LogP contribution in [0.2, 0.25) is 0 Å². The number of hydrogen-bond donors (Lipinski definition) is 0. The summed E-state index contributed by atoms with van der Waals surface area (Å²) >= 11 is 0. The van der Waals surface area contributed by atoms with E-state index in [1.807, 2.05) is 12.1 Å². The highest BCUT2D eigenvalue weighted by atomic mass is 16.5. The third-order valence-corrected chi connectivity index (χ3v) is 6.15. The van der Waals surface area contributed by atoms with E-state index in [2.05, 4.69) is 33.8 Å². The highest BCUT2D eigenvalue weighted by molar-refractivity contribution is 5.94. The van der Waals surface area contributed by atoms with Crippen LogP contribution >= 0.6 is 0 Å². The van der Waals surface area contributed by atoms with Gasteiger partial charge in [-0.15, -0.1) is 0 Å². The summed E-state index contributed by atoms with van der Waals surface area (Å²) in [5.41, 5.74) is 2.06. The van der Waals surface area contributed by atoms with Gasteiger partial charge in [0.1, 0.15) is 0 Å². The Morgan fingerprint density at radius 2 is 1.92 bits per heavy atom. The van der Waals surface area contributed by atoms with Crippen molar-refractivity contribution in [1.82, 2.24) is 14.7 Å². The second kappa shape index (κ2) is 8.07. The topological polar surface area (TPSA) is 36.0 Å². The summed E-state index contributed by atoms with van der Waals surface area (Å²) in [6.07, 6.45) is 3.73. The number of morpholine rings is 1. The molecule has 0 radical (unpaired) electrons. The van der Waals surface area contributed by atoms with Crippen molar-refractivity contribution in [3.63, 3.8) is 0 Å². The van der Waals surface area contributed by atoms with Crippen LogP contribution in [0.3, 0.4) is 0 Å². The third kappa shape index (κ3) is 3.95. The molecule has 3 fully saturated rings. The molecule has 0 unspecified atom stereocenters. The Morgan fingerprint density at radius 3 is 2.69 bits per heavy atom. The zero-order chi connectivity index (χ0) is 17.9. The van der Waals surface area contributed by atoms with Gasteiger partial charge in [-0.25, -0.2) is 0 Å². The summed E-state index contributed by atoms with van der Waals surface area (Å²) in [4.78, 5) is 20.2. The predicted molar refractivity (Wildman–Crippen MR) is 102 cm³/mol. The van der Waals surface area contributed by atoms with Gasteiger partial charge in [0, 0.05) is 43.8 Å². The van der Waals surface area contributed by atoms with Crippen molar-refractivity contribution in [2.45, 2.75) is 44.8 Å². The van der Waals surface area contributed by atoms with E-state index in [9.17, 15) is 4.79 Å². The monoisotopic (exact) mass is 357 g/mol. The smallest absolute Gasteiger partial charge is 0.254 e. The fourth-order valence-corrected chi connectivity index (χ4v) is 4.64. The van der Waals surface area contributed by atoms with E-state index in [1.54, 1.807) is 0 Å². The summed E-state index contributed by atoms with van der Waals surface area (Å²) < 4.78 is 5.42. The van der Waals surface area contributed by atoms with E-state index in [0.717, 1.165) is 51.4 Å². The van der Waals surface area contributed by atoms with E-state index >= 15 is 0 Å². The molecule has 3 heterocycles. The summed E-state index contributed by atoms with van der Waals surface area (Å²) in [7, 11) is 0. The molecule has 5 nitrogen and oxygen atoms in total. The van der Waals surface area contributed by atoms with Gasteiger partial charge in [-0.3, -0.25) is 14.6 Å². The molecule has 1 amide bonds. The van der Waals surface area contributed by atoms with E-state index in [-0.39, 0.29) is 5.91 Å². The average Bonchev–Trinajstić information content (AvgIpc) is 3.32. The van der Waals surface area contributed by atoms with Gasteiger partial charge in [0.25, 0.3) is 5.91 Å². The van der Waals surface area contributed by atoms with Gasteiger partial charge in [-0.2, -0.15) is 0 Å². The molecule has 2 atom stereocenters. The quantitative estimate of drug-likeness (QED) is 0.828. The summed E-state index contributed by atoms with van der Waals surface area (Å²) in [6.45, 7) is 9.94. The SMILES string of the molecule is C[C@@H]1C[C@H](N2CCCC2)CN1C(=O)c1cccc(CN2CCOCC2)c1. The van der Waals surface area contributed by atoms with Crippen molar-refractivity contribution in [3.05, 3.63) is 35.4 Å². The number of carbonyl (C=O) groups is 1. The predicted octanol–water partition coefficient (Wildman–Crippen LogP) is 2.22. The first-order chi connectivity index (χ1) is 12.7. The Labute approximate surface area is 156 Å². The molecule has 3 saturated heterocycles. The summed E-state index contributed by atoms with van der Waals surface area (Å²) in [6, 6.07) is 9.10. The van der Waals surface area contributed by atoms with Gasteiger partial charge in [0.2, 0.25) is 0 Å². The van der Waals surface area contributed by atoms with Crippen molar-refractivity contribution in [2.24, 2.45) is 0 Å². The maximum Gasteiger partial charge on any atom is 0.254 e. The first kappa shape index (κ1) is 18.0. The largest absolute Gasteiger partial charge is 0.379 e. The molecule has 0 N–H and O–H groups in total. The van der Waals surface area contributed by atoms with Gasteiger partial charge in [0.15, 0.2) is 0 Å². The van der Waals surface area contributed by atoms with E-state index in [1.165, 1.54) is 31.5 Å². The van der Waals surface area contributed by atoms with Crippen LogP contribution in [0, 0.1) is 0 Å². The number of hydrogen-bond acceptors (Lipinski definition) is 4. The second-order valence-corrected chi connectivity index (χ2v) is 8.03. The van der Waals surface area contributed by atoms with Crippen molar-refractivity contribution in [1.29, 1.82) is 0 Å². The first-order valence-electron chi connectivity index (χ1n) is 10.1. The molecular weight excluding hydrogens is 326 g/mol. The Hall–Kier alpha value is -1.43. The van der Waals surface area contributed by atoms with Crippen LogP contribution in [0.5, 0.6) is 0 Å². The van der Waals surface area contributed by atoms with Crippen LogP contribution in [-0.2, 0) is 11.3 Å². The number of benzene rings is 1. The molecule has 0 aromatic heterocycles. The Balaban J connectivity index is 1.41. The van der Waals surface area contributed by atoms with Gasteiger partial charge in [0.05, 0.1) is 13.2 Å². The molecule has 0 aliphatic carbocycles. The molecule has 142 valence electrons. The molecule has 4 rings (SSSR count). The van der Waals surface area contributed by atoms with Crippen LogP contribution in [0.25, 0.3) is 0 Å². The zero-order valence-corrected chi connectivity index (χ0v) is 15.9. The van der Waals surface area contributed by atoms with Gasteiger partial charge >= 0.3 is 0 Å². The minimum atomic E-state index is 0.197. The highest BCUT2D eigenvalue weighted by Gasteiger charge is 2.36. The normalized spacial score (nSPS) is 28.0. The molecular formula is C21H31N3O2. The number of ether oxygens (including phenoxy) is 1. The molecule has 0 spiro atoms. The fourth-order valence-electron chi connectivity index (χ4n) is 4.64. The maximum atomic E-state index is 13.1. The number of rotatable bonds is 4. The molecule has 0 saturated carbocycles. The zero-order valence-electron chi connectivity index (χ0n) is 15.9. The summed E-state index contributed by atoms with van der Waals surface area (Å²) in [5, 5.41) is 0. The Morgan fingerprint density at radius 1 is 1.15 bits per heavy atom. The molecule has 3 aliphatic rings. The molecule has 1 aromatic carbocycles. The van der Waals surface area contributed by atoms with Gasteiger partial charge < -0.3 is 9.64 Å². The third-order valence-electron chi connectivity index (χ3n) is 6.15. The van der Waals surface area contributed by atoms with Crippen LogP contribution < -0.4 is 0 Å². The minimum Gasteiger partial charge on any atom is -0.379 e. The van der Waals surface area contributed by atoms with Crippen LogP contribution in [0.1, 0.15) is 42.1 Å². The van der Waals surface area contributed by atoms with Crippen molar-refractivity contribution < 1.29 is 9.53 Å². The van der Waals surface area contributed by atoms with Gasteiger partial charge in [-0.05, 0) is 57.0 Å². The van der Waals surface area contributed by atoms with Crippen LogP contribution in [-0.4, -0.2) is 78.6 Å².